The predicted octanol–water partition coefficient (Wildman–Crippen LogP) is 4.02. The number of carbonyl (C=O) groups is 2. The molecule has 2 rings (SSSR count). The molecule has 1 aromatic heterocycles. The number of pyridine rings is 1. The van der Waals surface area contributed by atoms with E-state index in [1.165, 1.54) is 11.1 Å². The van der Waals surface area contributed by atoms with Crippen LogP contribution < -0.4 is 4.90 Å². The van der Waals surface area contributed by atoms with Crippen LogP contribution in [0.15, 0.2) is 16.7 Å². The highest BCUT2D eigenvalue weighted by Gasteiger charge is 2.48. The van der Waals surface area contributed by atoms with Crippen molar-refractivity contribution in [3.63, 3.8) is 0 Å². The lowest BCUT2D eigenvalue weighted by atomic mass is 10.00. The van der Waals surface area contributed by atoms with Crippen LogP contribution >= 0.6 is 27.5 Å². The van der Waals surface area contributed by atoms with Gasteiger partial charge in [-0.15, -0.1) is 0 Å². The second kappa shape index (κ2) is 6.88. The highest BCUT2D eigenvalue weighted by molar-refractivity contribution is 9.10. The molecule has 24 heavy (non-hydrogen) atoms. The van der Waals surface area contributed by atoms with Crippen LogP contribution in [-0.2, 0) is 4.79 Å². The number of carbonyl (C=O) groups excluding carboxylic acids is 1. The number of amides is 2. The number of aromatic nitrogens is 1. The van der Waals surface area contributed by atoms with Crippen LogP contribution in [0.3, 0.4) is 0 Å². The number of anilines is 1. The number of hydrogen-bond acceptors (Lipinski definition) is 3. The van der Waals surface area contributed by atoms with Gasteiger partial charge in [0, 0.05) is 24.0 Å². The molecular weight excluding hydrogens is 398 g/mol. The topological polar surface area (TPSA) is 73.7 Å². The summed E-state index contributed by atoms with van der Waals surface area (Å²) in [5, 5.41) is 9.82. The third-order valence-corrected chi connectivity index (χ3v) is 5.37. The minimum absolute atomic E-state index is 0.210. The van der Waals surface area contributed by atoms with E-state index >= 15 is 0 Å². The van der Waals surface area contributed by atoms with Gasteiger partial charge in [-0.25, -0.2) is 9.78 Å². The summed E-state index contributed by atoms with van der Waals surface area (Å²) in [4.78, 5) is 30.2. The van der Waals surface area contributed by atoms with E-state index in [9.17, 15) is 14.7 Å². The minimum atomic E-state index is -0.942. The van der Waals surface area contributed by atoms with Crippen molar-refractivity contribution in [2.45, 2.75) is 39.2 Å². The van der Waals surface area contributed by atoms with Crippen LogP contribution in [0.25, 0.3) is 0 Å². The lowest BCUT2D eigenvalue weighted by Gasteiger charge is -2.37. The first-order chi connectivity index (χ1) is 11.1. The Morgan fingerprint density at radius 3 is 2.50 bits per heavy atom. The lowest BCUT2D eigenvalue weighted by molar-refractivity contribution is -0.107. The summed E-state index contributed by atoms with van der Waals surface area (Å²) in [5.74, 6) is 0. The van der Waals surface area contributed by atoms with Crippen LogP contribution in [-0.4, -0.2) is 46.1 Å². The zero-order valence-electron chi connectivity index (χ0n) is 13.9. The molecule has 132 valence electrons. The molecule has 0 atom stereocenters. The summed E-state index contributed by atoms with van der Waals surface area (Å²) in [6.07, 6.45) is 3.12. The Labute approximate surface area is 154 Å². The third-order valence-electron chi connectivity index (χ3n) is 4.24. The maximum atomic E-state index is 11.6. The van der Waals surface area contributed by atoms with E-state index in [0.717, 1.165) is 19.3 Å². The summed E-state index contributed by atoms with van der Waals surface area (Å²) in [5.41, 5.74) is -0.0676. The smallest absolute Gasteiger partial charge is 0.407 e. The van der Waals surface area contributed by atoms with Gasteiger partial charge in [0.25, 0.3) is 0 Å². The molecule has 0 spiro atoms. The number of hydrogen-bond donors (Lipinski definition) is 1. The van der Waals surface area contributed by atoms with Gasteiger partial charge < -0.3 is 14.9 Å². The minimum Gasteiger partial charge on any atom is -0.465 e. The van der Waals surface area contributed by atoms with Crippen LogP contribution in [0.4, 0.5) is 10.5 Å². The average Bonchev–Trinajstić information content (AvgIpc) is 3.24. The molecule has 6 nitrogen and oxygen atoms in total. The van der Waals surface area contributed by atoms with Gasteiger partial charge in [-0.2, -0.15) is 0 Å². The van der Waals surface area contributed by atoms with E-state index in [2.05, 4.69) is 20.9 Å². The molecule has 1 aliphatic carbocycles. The number of carboxylic acid groups (broad SMARTS) is 1. The van der Waals surface area contributed by atoms with Crippen LogP contribution in [0, 0.1) is 5.41 Å². The quantitative estimate of drug-likeness (QED) is 0.559. The first kappa shape index (κ1) is 19.0. The van der Waals surface area contributed by atoms with Crippen LogP contribution in [0.2, 0.25) is 5.15 Å². The van der Waals surface area contributed by atoms with Crippen LogP contribution in [0.1, 0.15) is 33.6 Å². The van der Waals surface area contributed by atoms with Crippen molar-refractivity contribution >= 4 is 45.7 Å². The lowest BCUT2D eigenvalue weighted by Crippen LogP contribution is -2.49. The van der Waals surface area contributed by atoms with Crippen molar-refractivity contribution in [1.29, 1.82) is 0 Å². The molecular formula is C16H21BrClN3O3. The summed E-state index contributed by atoms with van der Waals surface area (Å²) in [6.45, 7) is 6.46. The molecule has 0 aromatic carbocycles. The normalized spacial score (nSPS) is 15.7. The average molecular weight is 419 g/mol. The fraction of sp³-hybridized carbons (Fsp3) is 0.562. The molecule has 8 heteroatoms. The van der Waals surface area contributed by atoms with Crippen molar-refractivity contribution in [3.05, 3.63) is 21.9 Å². The standard InChI is InChI=1S/C16H21BrClN3O3/c1-15(2,3)21(14(23)24)9-16(4-5-16)8-20(10-22)11-6-12(17)13(18)19-7-11/h6-7,10H,4-5,8-9H2,1-3H3,(H,23,24). The van der Waals surface area contributed by atoms with E-state index in [1.54, 1.807) is 11.0 Å². The summed E-state index contributed by atoms with van der Waals surface area (Å²) in [7, 11) is 0. The number of halogens is 2. The molecule has 2 amide bonds. The van der Waals surface area contributed by atoms with Gasteiger partial charge >= 0.3 is 6.09 Å². The molecule has 0 radical (unpaired) electrons. The molecule has 1 aliphatic rings. The Kier molecular flexibility index (Phi) is 5.44. The van der Waals surface area contributed by atoms with Crippen molar-refractivity contribution < 1.29 is 14.7 Å². The van der Waals surface area contributed by atoms with Gasteiger partial charge in [-0.1, -0.05) is 11.6 Å². The van der Waals surface area contributed by atoms with E-state index in [0.29, 0.717) is 28.4 Å². The Hall–Kier alpha value is -1.34. The SMILES string of the molecule is CC(C)(C)N(CC1(CN(C=O)c2cnc(Cl)c(Br)c2)CC1)C(=O)O. The molecule has 0 unspecified atom stereocenters. The van der Waals surface area contributed by atoms with E-state index < -0.39 is 11.6 Å². The first-order valence-corrected chi connectivity index (χ1v) is 8.79. The fourth-order valence-corrected chi connectivity index (χ4v) is 3.03. The first-order valence-electron chi connectivity index (χ1n) is 7.61. The van der Waals surface area contributed by atoms with E-state index in [-0.39, 0.29) is 5.41 Å². The molecule has 1 heterocycles. The Morgan fingerprint density at radius 2 is 2.08 bits per heavy atom. The predicted molar refractivity (Wildman–Crippen MR) is 96.5 cm³/mol. The van der Waals surface area contributed by atoms with Crippen molar-refractivity contribution in [2.24, 2.45) is 5.41 Å². The van der Waals surface area contributed by atoms with Gasteiger partial charge in [0.15, 0.2) is 0 Å². The van der Waals surface area contributed by atoms with Gasteiger partial charge in [0.2, 0.25) is 6.41 Å². The molecule has 1 saturated carbocycles. The molecule has 1 aromatic rings. The Bertz CT molecular complexity index is 644. The van der Waals surface area contributed by atoms with E-state index in [1.807, 2.05) is 20.8 Å². The largest absolute Gasteiger partial charge is 0.465 e. The Balaban J connectivity index is 2.16. The summed E-state index contributed by atoms with van der Waals surface area (Å²) in [6, 6.07) is 1.73. The van der Waals surface area contributed by atoms with Gasteiger partial charge in [-0.05, 0) is 55.6 Å². The third kappa shape index (κ3) is 4.39. The van der Waals surface area contributed by atoms with Gasteiger partial charge in [0.1, 0.15) is 5.15 Å². The molecule has 0 bridgehead atoms. The van der Waals surface area contributed by atoms with Crippen molar-refractivity contribution in [2.75, 3.05) is 18.0 Å². The monoisotopic (exact) mass is 417 g/mol. The highest BCUT2D eigenvalue weighted by atomic mass is 79.9. The number of nitrogens with zero attached hydrogens (tertiary/aromatic N) is 3. The van der Waals surface area contributed by atoms with E-state index in [4.69, 9.17) is 11.6 Å². The Morgan fingerprint density at radius 1 is 1.46 bits per heavy atom. The second-order valence-corrected chi connectivity index (χ2v) is 8.45. The van der Waals surface area contributed by atoms with Crippen LogP contribution in [0.5, 0.6) is 0 Å². The highest BCUT2D eigenvalue weighted by Crippen LogP contribution is 2.48. The molecule has 0 aliphatic heterocycles. The molecule has 1 fully saturated rings. The zero-order valence-corrected chi connectivity index (χ0v) is 16.3. The van der Waals surface area contributed by atoms with Gasteiger partial charge in [-0.3, -0.25) is 4.79 Å². The molecule has 1 N–H and O–H groups in total. The summed E-state index contributed by atoms with van der Waals surface area (Å²) >= 11 is 9.19. The zero-order chi connectivity index (χ0) is 18.1. The maximum Gasteiger partial charge on any atom is 0.407 e. The van der Waals surface area contributed by atoms with Crippen molar-refractivity contribution in [1.82, 2.24) is 9.88 Å². The van der Waals surface area contributed by atoms with Gasteiger partial charge in [0.05, 0.1) is 16.4 Å². The fourth-order valence-electron chi connectivity index (χ4n) is 2.59. The molecule has 0 saturated heterocycles. The second-order valence-electron chi connectivity index (χ2n) is 7.24. The number of rotatable bonds is 6. The van der Waals surface area contributed by atoms with Crippen molar-refractivity contribution in [3.8, 4) is 0 Å². The summed E-state index contributed by atoms with van der Waals surface area (Å²) < 4.78 is 0.611. The maximum absolute atomic E-state index is 11.6.